The molecule has 1 aromatic carbocycles. The van der Waals surface area contributed by atoms with Crippen molar-refractivity contribution in [3.8, 4) is 11.8 Å². The van der Waals surface area contributed by atoms with E-state index >= 15 is 0 Å². The van der Waals surface area contributed by atoms with E-state index in [4.69, 9.17) is 14.7 Å². The van der Waals surface area contributed by atoms with Crippen LogP contribution in [-0.4, -0.2) is 22.0 Å². The summed E-state index contributed by atoms with van der Waals surface area (Å²) in [5.41, 5.74) is 3.20. The van der Waals surface area contributed by atoms with E-state index in [1.54, 1.807) is 30.5 Å². The van der Waals surface area contributed by atoms with Gasteiger partial charge in [-0.1, -0.05) is 0 Å². The molecule has 1 amide bonds. The second-order valence-corrected chi connectivity index (χ2v) is 6.49. The molecule has 3 rings (SSSR count). The van der Waals surface area contributed by atoms with Gasteiger partial charge in [-0.15, -0.1) is 0 Å². The zero-order valence-electron chi connectivity index (χ0n) is 14.8. The van der Waals surface area contributed by atoms with E-state index < -0.39 is 11.9 Å². The lowest BCUT2D eigenvalue weighted by atomic mass is 10.1. The predicted octanol–water partition coefficient (Wildman–Crippen LogP) is 3.59. The van der Waals surface area contributed by atoms with Gasteiger partial charge in [0.15, 0.2) is 0 Å². The second-order valence-electron chi connectivity index (χ2n) is 6.49. The summed E-state index contributed by atoms with van der Waals surface area (Å²) < 4.78 is 11.6. The molecule has 0 spiro atoms. The minimum Gasteiger partial charge on any atom is -0.465 e. The number of nitriles is 1. The molecule has 26 heavy (non-hydrogen) atoms. The number of nitrogens with zero attached hydrogens (tertiary/aromatic N) is 3. The first-order chi connectivity index (χ1) is 12.3. The van der Waals surface area contributed by atoms with E-state index in [-0.39, 0.29) is 6.54 Å². The monoisotopic (exact) mass is 353 g/mol. The fourth-order valence-corrected chi connectivity index (χ4v) is 2.78. The maximum atomic E-state index is 11.8. The first-order valence-corrected chi connectivity index (χ1v) is 8.11. The van der Waals surface area contributed by atoms with Crippen LogP contribution in [0.25, 0.3) is 0 Å². The highest BCUT2D eigenvalue weighted by Crippen LogP contribution is 2.36. The minimum absolute atomic E-state index is 0.101. The predicted molar refractivity (Wildman–Crippen MR) is 93.8 cm³/mol. The zero-order chi connectivity index (χ0) is 18.9. The van der Waals surface area contributed by atoms with E-state index in [9.17, 15) is 9.90 Å². The number of hydrogen-bond donors (Lipinski definition) is 1. The number of rotatable bonds is 3. The Morgan fingerprint density at radius 3 is 2.69 bits per heavy atom. The number of aryl methyl sites for hydroxylation is 1. The Morgan fingerprint density at radius 2 is 2.08 bits per heavy atom. The first-order valence-electron chi connectivity index (χ1n) is 8.11. The van der Waals surface area contributed by atoms with Crippen molar-refractivity contribution in [2.24, 2.45) is 0 Å². The summed E-state index contributed by atoms with van der Waals surface area (Å²) >= 11 is 0. The third-order valence-electron chi connectivity index (χ3n) is 4.18. The van der Waals surface area contributed by atoms with Crippen molar-refractivity contribution in [2.75, 3.05) is 4.90 Å². The summed E-state index contributed by atoms with van der Waals surface area (Å²) in [5, 5.41) is 18.5. The number of carbonyl (C=O) groups is 1. The molecular formula is C19H19N3O4. The van der Waals surface area contributed by atoms with Crippen LogP contribution in [0.2, 0.25) is 0 Å². The summed E-state index contributed by atoms with van der Waals surface area (Å²) in [7, 11) is 0. The molecule has 1 aliphatic rings. The average Bonchev–Trinajstić information content (AvgIpc) is 2.61. The highest BCUT2D eigenvalue weighted by Gasteiger charge is 2.31. The Kier molecular flexibility index (Phi) is 4.53. The van der Waals surface area contributed by atoms with Crippen LogP contribution in [0.3, 0.4) is 0 Å². The lowest BCUT2D eigenvalue weighted by Gasteiger charge is -2.34. The molecule has 0 aliphatic carbocycles. The summed E-state index contributed by atoms with van der Waals surface area (Å²) in [6.07, 6.45) is 0.556. The number of benzene rings is 1. The van der Waals surface area contributed by atoms with Crippen molar-refractivity contribution >= 4 is 11.8 Å². The van der Waals surface area contributed by atoms with Gasteiger partial charge in [0.1, 0.15) is 5.75 Å². The molecule has 7 nitrogen and oxygen atoms in total. The van der Waals surface area contributed by atoms with Crippen LogP contribution < -0.4 is 9.64 Å². The quantitative estimate of drug-likeness (QED) is 0.906. The van der Waals surface area contributed by atoms with Crippen molar-refractivity contribution in [3.63, 3.8) is 0 Å². The minimum atomic E-state index is -1.10. The number of carboxylic acid groups (broad SMARTS) is 1. The molecule has 2 aromatic rings. The van der Waals surface area contributed by atoms with Crippen LogP contribution in [0, 0.1) is 18.3 Å². The van der Waals surface area contributed by atoms with Crippen LogP contribution in [-0.2, 0) is 17.9 Å². The molecule has 1 N–H and O–H groups in total. The Bertz CT molecular complexity index is 885. The Hall–Kier alpha value is -3.11. The maximum Gasteiger partial charge on any atom is 0.412 e. The smallest absolute Gasteiger partial charge is 0.412 e. The number of fused-ring (bicyclic) bond motifs is 1. The topological polar surface area (TPSA) is 95.7 Å². The van der Waals surface area contributed by atoms with Gasteiger partial charge in [0.25, 0.3) is 0 Å². The van der Waals surface area contributed by atoms with Crippen LogP contribution in [0.1, 0.15) is 36.2 Å². The molecular weight excluding hydrogens is 334 g/mol. The number of ether oxygens (including phenoxy) is 2. The first kappa shape index (κ1) is 17.7. The molecule has 1 aliphatic heterocycles. The van der Waals surface area contributed by atoms with Crippen molar-refractivity contribution in [1.82, 2.24) is 4.98 Å². The third-order valence-corrected chi connectivity index (χ3v) is 4.18. The van der Waals surface area contributed by atoms with Crippen molar-refractivity contribution in [2.45, 2.75) is 39.7 Å². The number of aromatic nitrogens is 1. The van der Waals surface area contributed by atoms with Gasteiger partial charge in [-0.05, 0) is 36.8 Å². The van der Waals surface area contributed by atoms with E-state index in [2.05, 4.69) is 4.98 Å². The third kappa shape index (κ3) is 3.46. The highest BCUT2D eigenvalue weighted by molar-refractivity contribution is 5.86. The molecule has 134 valence electrons. The van der Waals surface area contributed by atoms with Gasteiger partial charge in [-0.25, -0.2) is 4.79 Å². The normalized spacial score (nSPS) is 14.7. The SMILES string of the molecule is Cc1ncc(CN(C(=O)O)c2ccc(C#N)cc2)c2c1OC(C)(C)OC2. The summed E-state index contributed by atoms with van der Waals surface area (Å²) in [5.74, 6) is -0.110. The highest BCUT2D eigenvalue weighted by atomic mass is 16.7. The van der Waals surface area contributed by atoms with Gasteiger partial charge in [0.05, 0.1) is 30.5 Å². The van der Waals surface area contributed by atoms with E-state index in [1.165, 1.54) is 4.90 Å². The number of amides is 1. The number of pyridine rings is 1. The molecule has 0 saturated heterocycles. The number of anilines is 1. The Labute approximate surface area is 151 Å². The average molecular weight is 353 g/mol. The van der Waals surface area contributed by atoms with Gasteiger partial charge in [-0.3, -0.25) is 9.88 Å². The lowest BCUT2D eigenvalue weighted by molar-refractivity contribution is -0.180. The molecule has 0 radical (unpaired) electrons. The fraction of sp³-hybridized carbons (Fsp3) is 0.316. The maximum absolute atomic E-state index is 11.8. The summed E-state index contributed by atoms with van der Waals surface area (Å²) in [4.78, 5) is 17.3. The van der Waals surface area contributed by atoms with Gasteiger partial charge >= 0.3 is 6.09 Å². The van der Waals surface area contributed by atoms with Crippen LogP contribution in [0.4, 0.5) is 10.5 Å². The van der Waals surface area contributed by atoms with Crippen LogP contribution >= 0.6 is 0 Å². The zero-order valence-corrected chi connectivity index (χ0v) is 14.8. The van der Waals surface area contributed by atoms with Crippen molar-refractivity contribution in [1.29, 1.82) is 5.26 Å². The van der Waals surface area contributed by atoms with Crippen LogP contribution in [0.15, 0.2) is 30.5 Å². The standard InChI is InChI=1S/C19H19N3O4/c1-12-17-16(11-25-19(2,3)26-17)14(9-21-12)10-22(18(23)24)15-6-4-13(8-20)5-7-15/h4-7,9H,10-11H2,1-3H3,(H,23,24). The van der Waals surface area contributed by atoms with E-state index in [1.807, 2.05) is 26.8 Å². The second kappa shape index (κ2) is 6.65. The molecule has 1 aromatic heterocycles. The largest absolute Gasteiger partial charge is 0.465 e. The Balaban J connectivity index is 1.96. The van der Waals surface area contributed by atoms with Gasteiger partial charge in [0, 0.05) is 31.3 Å². The fourth-order valence-electron chi connectivity index (χ4n) is 2.78. The molecule has 0 saturated carbocycles. The summed E-state index contributed by atoms with van der Waals surface area (Å²) in [6.45, 7) is 5.91. The van der Waals surface area contributed by atoms with Gasteiger partial charge < -0.3 is 14.6 Å². The molecule has 0 atom stereocenters. The molecule has 7 heteroatoms. The molecule has 0 unspecified atom stereocenters. The van der Waals surface area contributed by atoms with E-state index in [0.29, 0.717) is 29.2 Å². The van der Waals surface area contributed by atoms with E-state index in [0.717, 1.165) is 11.3 Å². The van der Waals surface area contributed by atoms with Crippen molar-refractivity contribution < 1.29 is 19.4 Å². The van der Waals surface area contributed by atoms with Gasteiger partial charge in [-0.2, -0.15) is 5.26 Å². The molecule has 2 heterocycles. The lowest BCUT2D eigenvalue weighted by Crippen LogP contribution is -2.37. The Morgan fingerprint density at radius 1 is 1.38 bits per heavy atom. The van der Waals surface area contributed by atoms with Crippen molar-refractivity contribution in [3.05, 3.63) is 52.8 Å². The summed E-state index contributed by atoms with van der Waals surface area (Å²) in [6, 6.07) is 8.41. The molecule has 0 bridgehead atoms. The van der Waals surface area contributed by atoms with Gasteiger partial charge in [0.2, 0.25) is 5.79 Å². The molecule has 0 fully saturated rings. The number of hydrogen-bond acceptors (Lipinski definition) is 5. The van der Waals surface area contributed by atoms with Crippen LogP contribution in [0.5, 0.6) is 5.75 Å².